The van der Waals surface area contributed by atoms with Crippen molar-refractivity contribution in [1.29, 1.82) is 0 Å². The Hall–Kier alpha value is -0.390. The minimum absolute atomic E-state index is 0. The van der Waals surface area contributed by atoms with Crippen molar-refractivity contribution < 1.29 is 42.5 Å². The van der Waals surface area contributed by atoms with Gasteiger partial charge in [-0.1, -0.05) is 135 Å². The van der Waals surface area contributed by atoms with Crippen molar-refractivity contribution in [3.63, 3.8) is 0 Å². The van der Waals surface area contributed by atoms with Crippen molar-refractivity contribution in [2.24, 2.45) is 0 Å². The Kier molecular flexibility index (Phi) is 19.2. The van der Waals surface area contributed by atoms with E-state index in [0.29, 0.717) is 0 Å². The van der Waals surface area contributed by atoms with Crippen LogP contribution in [-0.2, 0) is 23.0 Å². The van der Waals surface area contributed by atoms with Crippen molar-refractivity contribution in [3.05, 3.63) is 41.5 Å². The SMILES string of the molecule is CCCCCCCCCCCc1ccc2cc(S(=O)(=O)[O-])cc(CCCCCCCCCCC)c2c1.[Na+]. The summed E-state index contributed by atoms with van der Waals surface area (Å²) < 4.78 is 35.3. The number of rotatable bonds is 21. The molecule has 0 aliphatic heterocycles. The predicted octanol–water partition coefficient (Wildman–Crippen LogP) is 6.89. The van der Waals surface area contributed by atoms with Gasteiger partial charge in [-0.3, -0.25) is 0 Å². The molecule has 2 aromatic rings. The third kappa shape index (κ3) is 14.5. The zero-order chi connectivity index (χ0) is 26.1. The Balaban J connectivity index is 0.00000684. The van der Waals surface area contributed by atoms with Gasteiger partial charge in [0.1, 0.15) is 10.1 Å². The summed E-state index contributed by atoms with van der Waals surface area (Å²) in [7, 11) is -4.46. The molecule has 0 bridgehead atoms. The van der Waals surface area contributed by atoms with Crippen LogP contribution >= 0.6 is 0 Å². The zero-order valence-electron chi connectivity index (χ0n) is 24.2. The molecule has 0 amide bonds. The molecule has 0 aliphatic rings. The largest absolute Gasteiger partial charge is 1.00 e. The topological polar surface area (TPSA) is 57.2 Å². The summed E-state index contributed by atoms with van der Waals surface area (Å²) in [5, 5.41) is 1.99. The first-order chi connectivity index (χ1) is 17.5. The fourth-order valence-electron chi connectivity index (χ4n) is 5.22. The molecule has 0 atom stereocenters. The molecule has 5 heteroatoms. The van der Waals surface area contributed by atoms with E-state index in [-0.39, 0.29) is 34.5 Å². The predicted molar refractivity (Wildman–Crippen MR) is 154 cm³/mol. The van der Waals surface area contributed by atoms with E-state index >= 15 is 0 Å². The summed E-state index contributed by atoms with van der Waals surface area (Å²) in [5.41, 5.74) is 2.33. The van der Waals surface area contributed by atoms with Gasteiger partial charge in [0.25, 0.3) is 0 Å². The molecule has 204 valence electrons. The van der Waals surface area contributed by atoms with Crippen LogP contribution in [0.25, 0.3) is 10.8 Å². The van der Waals surface area contributed by atoms with Crippen LogP contribution in [0.3, 0.4) is 0 Å². The molecule has 0 aromatic heterocycles. The van der Waals surface area contributed by atoms with Crippen LogP contribution < -0.4 is 29.6 Å². The fraction of sp³-hybridized carbons (Fsp3) is 0.688. The van der Waals surface area contributed by atoms with E-state index in [1.807, 2.05) is 6.07 Å². The Morgan fingerprint density at radius 1 is 0.595 bits per heavy atom. The Bertz CT molecular complexity index is 971. The second-order valence-electron chi connectivity index (χ2n) is 10.7. The molecule has 0 N–H and O–H groups in total. The van der Waals surface area contributed by atoms with Gasteiger partial charge >= 0.3 is 29.6 Å². The number of aryl methyl sites for hydroxylation is 2. The van der Waals surface area contributed by atoms with Gasteiger partial charge < -0.3 is 4.55 Å². The Labute approximate surface area is 250 Å². The molecule has 0 saturated heterocycles. The molecule has 3 nitrogen and oxygen atoms in total. The fourth-order valence-corrected chi connectivity index (χ4v) is 5.78. The number of hydrogen-bond donors (Lipinski definition) is 0. The maximum absolute atomic E-state index is 11.8. The molecule has 0 saturated carbocycles. The summed E-state index contributed by atoms with van der Waals surface area (Å²) in [6.07, 6.45) is 25.1. The quantitative estimate of drug-likeness (QED) is 0.0987. The minimum Gasteiger partial charge on any atom is -0.744 e. The molecule has 0 aliphatic carbocycles. The molecule has 0 radical (unpaired) electrons. The molecule has 0 spiro atoms. The molecule has 2 rings (SSSR count). The van der Waals surface area contributed by atoms with E-state index in [9.17, 15) is 13.0 Å². The van der Waals surface area contributed by atoms with Crippen LogP contribution in [0.4, 0.5) is 0 Å². The van der Waals surface area contributed by atoms with Crippen LogP contribution in [0.2, 0.25) is 0 Å². The van der Waals surface area contributed by atoms with Gasteiger partial charge in [0.05, 0.1) is 4.90 Å². The molecular formula is C32H51NaO3S. The first-order valence-corrected chi connectivity index (χ1v) is 16.4. The van der Waals surface area contributed by atoms with E-state index in [1.54, 1.807) is 12.1 Å². The monoisotopic (exact) mass is 538 g/mol. The maximum atomic E-state index is 11.8. The van der Waals surface area contributed by atoms with E-state index in [1.165, 1.54) is 108 Å². The number of benzene rings is 2. The minimum atomic E-state index is -4.46. The second-order valence-corrected chi connectivity index (χ2v) is 12.1. The van der Waals surface area contributed by atoms with Crippen LogP contribution in [0.15, 0.2) is 35.2 Å². The van der Waals surface area contributed by atoms with Gasteiger partial charge in [0.15, 0.2) is 0 Å². The molecule has 2 aromatic carbocycles. The summed E-state index contributed by atoms with van der Waals surface area (Å²) in [6.45, 7) is 4.51. The van der Waals surface area contributed by atoms with Gasteiger partial charge in [0.2, 0.25) is 0 Å². The van der Waals surface area contributed by atoms with Gasteiger partial charge in [-0.25, -0.2) is 8.42 Å². The van der Waals surface area contributed by atoms with E-state index in [4.69, 9.17) is 0 Å². The molecule has 0 fully saturated rings. The normalized spacial score (nSPS) is 11.6. The van der Waals surface area contributed by atoms with Crippen molar-refractivity contribution in [2.75, 3.05) is 0 Å². The molecular weight excluding hydrogens is 487 g/mol. The standard InChI is InChI=1S/C32H52O3S.Na/c1-3-5-7-9-11-13-15-17-19-21-28-23-24-30-27-31(36(33,34)35)26-29(32(30)25-28)22-20-18-16-14-12-10-8-6-4-2;/h23-27H,3-22H2,1-2H3,(H,33,34,35);/q;+1/p-1. The summed E-state index contributed by atoms with van der Waals surface area (Å²) in [6, 6.07) is 9.55. The summed E-state index contributed by atoms with van der Waals surface area (Å²) in [4.78, 5) is -0.0902. The molecule has 0 unspecified atom stereocenters. The van der Waals surface area contributed by atoms with Gasteiger partial charge in [-0.2, -0.15) is 0 Å². The van der Waals surface area contributed by atoms with Gasteiger partial charge in [-0.05, 0) is 59.7 Å². The van der Waals surface area contributed by atoms with E-state index in [2.05, 4.69) is 26.0 Å². The first-order valence-electron chi connectivity index (χ1n) is 15.0. The average molecular weight is 539 g/mol. The number of fused-ring (bicyclic) bond motifs is 1. The second kappa shape index (κ2) is 20.5. The third-order valence-electron chi connectivity index (χ3n) is 7.49. The van der Waals surface area contributed by atoms with Crippen LogP contribution in [-0.4, -0.2) is 13.0 Å². The third-order valence-corrected chi connectivity index (χ3v) is 8.30. The number of unbranched alkanes of at least 4 members (excludes halogenated alkanes) is 16. The van der Waals surface area contributed by atoms with Crippen LogP contribution in [0, 0.1) is 0 Å². The number of hydrogen-bond acceptors (Lipinski definition) is 3. The Morgan fingerprint density at radius 2 is 1.05 bits per heavy atom. The molecule has 37 heavy (non-hydrogen) atoms. The Morgan fingerprint density at radius 3 is 1.54 bits per heavy atom. The zero-order valence-corrected chi connectivity index (χ0v) is 27.0. The van der Waals surface area contributed by atoms with Crippen molar-refractivity contribution in [1.82, 2.24) is 0 Å². The van der Waals surface area contributed by atoms with E-state index < -0.39 is 10.1 Å². The molecule has 0 heterocycles. The maximum Gasteiger partial charge on any atom is 1.00 e. The summed E-state index contributed by atoms with van der Waals surface area (Å²) in [5.74, 6) is 0. The summed E-state index contributed by atoms with van der Waals surface area (Å²) >= 11 is 0. The smallest absolute Gasteiger partial charge is 0.744 e. The van der Waals surface area contributed by atoms with Crippen LogP contribution in [0.1, 0.15) is 141 Å². The van der Waals surface area contributed by atoms with Crippen molar-refractivity contribution >= 4 is 20.9 Å². The van der Waals surface area contributed by atoms with E-state index in [0.717, 1.165) is 42.0 Å². The first kappa shape index (κ1) is 34.6. The van der Waals surface area contributed by atoms with Gasteiger partial charge in [-0.15, -0.1) is 0 Å². The average Bonchev–Trinajstić information content (AvgIpc) is 2.86. The van der Waals surface area contributed by atoms with Crippen LogP contribution in [0.5, 0.6) is 0 Å². The van der Waals surface area contributed by atoms with Crippen molar-refractivity contribution in [2.45, 2.75) is 147 Å². The van der Waals surface area contributed by atoms with Crippen molar-refractivity contribution in [3.8, 4) is 0 Å². The van der Waals surface area contributed by atoms with Gasteiger partial charge in [0, 0.05) is 0 Å².